The molecule has 2 aromatic rings. The number of benzene rings is 2. The van der Waals surface area contributed by atoms with Gasteiger partial charge in [-0.05, 0) is 41.3 Å². The molecule has 130 valence electrons. The summed E-state index contributed by atoms with van der Waals surface area (Å²) in [5.74, 6) is -0.314. The van der Waals surface area contributed by atoms with E-state index in [1.807, 2.05) is 24.3 Å². The summed E-state index contributed by atoms with van der Waals surface area (Å²) in [4.78, 5) is 22.4. The van der Waals surface area contributed by atoms with Crippen LogP contribution in [0.5, 0.6) is 5.75 Å². The van der Waals surface area contributed by atoms with Crippen molar-refractivity contribution in [2.45, 2.75) is 19.8 Å². The Morgan fingerprint density at radius 1 is 1.12 bits per heavy atom. The molecule has 0 fully saturated rings. The Hall–Kier alpha value is -3.15. The number of hydrogen-bond acceptors (Lipinski definition) is 4. The number of amides is 1. The average molecular weight is 340 g/mol. The lowest BCUT2D eigenvalue weighted by Crippen LogP contribution is -2.24. The van der Waals surface area contributed by atoms with Gasteiger partial charge in [0.25, 0.3) is 5.91 Å². The van der Waals surface area contributed by atoms with Gasteiger partial charge in [0, 0.05) is 0 Å². The van der Waals surface area contributed by atoms with Crippen molar-refractivity contribution >= 4 is 18.1 Å². The van der Waals surface area contributed by atoms with Crippen molar-refractivity contribution in [3.8, 4) is 5.75 Å². The minimum atomic E-state index is -0.990. The number of hydrazone groups is 1. The Balaban J connectivity index is 1.79. The lowest BCUT2D eigenvalue weighted by Gasteiger charge is -2.08. The zero-order valence-corrected chi connectivity index (χ0v) is 14.1. The van der Waals surface area contributed by atoms with E-state index in [0.29, 0.717) is 17.2 Å². The number of carboxylic acid groups (broad SMARTS) is 1. The van der Waals surface area contributed by atoms with Crippen LogP contribution in [-0.4, -0.2) is 29.8 Å². The predicted molar refractivity (Wildman–Crippen MR) is 95.2 cm³/mol. The van der Waals surface area contributed by atoms with Crippen molar-refractivity contribution in [3.05, 3.63) is 65.2 Å². The van der Waals surface area contributed by atoms with Crippen LogP contribution in [0.15, 0.2) is 53.6 Å². The number of carbonyl (C=O) groups is 2. The van der Waals surface area contributed by atoms with E-state index >= 15 is 0 Å². The molecule has 0 aromatic heterocycles. The highest BCUT2D eigenvalue weighted by Crippen LogP contribution is 2.18. The summed E-state index contributed by atoms with van der Waals surface area (Å²) >= 11 is 0. The van der Waals surface area contributed by atoms with E-state index in [9.17, 15) is 9.59 Å². The molecular formula is C19H20N2O4. The molecule has 0 saturated carbocycles. The van der Waals surface area contributed by atoms with Gasteiger partial charge in [-0.2, -0.15) is 5.10 Å². The molecule has 0 aliphatic rings. The first-order valence-electron chi connectivity index (χ1n) is 7.83. The molecule has 6 nitrogen and oxygen atoms in total. The Kier molecular flexibility index (Phi) is 6.28. The van der Waals surface area contributed by atoms with Crippen LogP contribution in [0.4, 0.5) is 0 Å². The number of hydrogen-bond donors (Lipinski definition) is 2. The second-order valence-electron chi connectivity index (χ2n) is 5.73. The molecule has 6 heteroatoms. The minimum absolute atomic E-state index is 0.143. The molecular weight excluding hydrogens is 320 g/mol. The summed E-state index contributed by atoms with van der Waals surface area (Å²) in [6.45, 7) is 4.07. The van der Waals surface area contributed by atoms with Gasteiger partial charge < -0.3 is 9.84 Å². The quantitative estimate of drug-likeness (QED) is 0.599. The van der Waals surface area contributed by atoms with Gasteiger partial charge in [-0.15, -0.1) is 0 Å². The molecule has 2 aromatic carbocycles. The van der Waals surface area contributed by atoms with Crippen molar-refractivity contribution in [1.29, 1.82) is 0 Å². The van der Waals surface area contributed by atoms with Gasteiger partial charge in [-0.3, -0.25) is 4.79 Å². The Morgan fingerprint density at radius 2 is 1.76 bits per heavy atom. The monoisotopic (exact) mass is 340 g/mol. The molecule has 0 unspecified atom stereocenters. The third kappa shape index (κ3) is 5.76. The third-order valence-electron chi connectivity index (χ3n) is 3.48. The summed E-state index contributed by atoms with van der Waals surface area (Å²) in [6, 6.07) is 13.7. The van der Waals surface area contributed by atoms with Crippen LogP contribution in [0.3, 0.4) is 0 Å². The van der Waals surface area contributed by atoms with Gasteiger partial charge in [-0.1, -0.05) is 38.1 Å². The lowest BCUT2D eigenvalue weighted by atomic mass is 10.0. The maximum absolute atomic E-state index is 11.7. The number of carbonyl (C=O) groups excluding carboxylic acids is 1. The van der Waals surface area contributed by atoms with Crippen LogP contribution in [0.2, 0.25) is 0 Å². The van der Waals surface area contributed by atoms with Crippen LogP contribution >= 0.6 is 0 Å². The molecule has 0 atom stereocenters. The highest BCUT2D eigenvalue weighted by molar-refractivity contribution is 5.89. The third-order valence-corrected chi connectivity index (χ3v) is 3.48. The summed E-state index contributed by atoms with van der Waals surface area (Å²) in [7, 11) is 0. The van der Waals surface area contributed by atoms with Crippen molar-refractivity contribution in [2.24, 2.45) is 5.10 Å². The van der Waals surface area contributed by atoms with Crippen molar-refractivity contribution in [2.75, 3.05) is 6.61 Å². The fraction of sp³-hybridized carbons (Fsp3) is 0.211. The van der Waals surface area contributed by atoms with Crippen LogP contribution in [-0.2, 0) is 4.79 Å². The SMILES string of the molecule is CC(C)c1ccc(OCC(=O)N/N=C/c2ccc(C(=O)O)cc2)cc1. The first-order chi connectivity index (χ1) is 12.0. The Bertz CT molecular complexity index is 750. The molecule has 0 bridgehead atoms. The summed E-state index contributed by atoms with van der Waals surface area (Å²) in [5.41, 5.74) is 4.43. The first kappa shape index (κ1) is 18.2. The maximum atomic E-state index is 11.7. The molecule has 0 spiro atoms. The Morgan fingerprint density at radius 3 is 2.32 bits per heavy atom. The van der Waals surface area contributed by atoms with E-state index in [1.165, 1.54) is 23.9 Å². The number of carboxylic acids is 1. The largest absolute Gasteiger partial charge is 0.484 e. The zero-order valence-electron chi connectivity index (χ0n) is 14.1. The minimum Gasteiger partial charge on any atom is -0.484 e. The van der Waals surface area contributed by atoms with Gasteiger partial charge in [0.05, 0.1) is 11.8 Å². The molecule has 0 heterocycles. The molecule has 0 radical (unpaired) electrons. The van der Waals surface area contributed by atoms with Crippen LogP contribution < -0.4 is 10.2 Å². The van der Waals surface area contributed by atoms with E-state index in [4.69, 9.17) is 9.84 Å². The molecule has 2 N–H and O–H groups in total. The smallest absolute Gasteiger partial charge is 0.335 e. The van der Waals surface area contributed by atoms with Crippen LogP contribution in [0.25, 0.3) is 0 Å². The summed E-state index contributed by atoms with van der Waals surface area (Å²) in [6.07, 6.45) is 1.43. The second kappa shape index (κ2) is 8.63. The van der Waals surface area contributed by atoms with Gasteiger partial charge >= 0.3 is 5.97 Å². The molecule has 25 heavy (non-hydrogen) atoms. The summed E-state index contributed by atoms with van der Waals surface area (Å²) < 4.78 is 5.40. The number of rotatable bonds is 7. The van der Waals surface area contributed by atoms with Crippen molar-refractivity contribution < 1.29 is 19.4 Å². The molecule has 0 aliphatic carbocycles. The average Bonchev–Trinajstić information content (AvgIpc) is 2.60. The van der Waals surface area contributed by atoms with Crippen LogP contribution in [0, 0.1) is 0 Å². The highest BCUT2D eigenvalue weighted by atomic mass is 16.5. The van der Waals surface area contributed by atoms with E-state index in [1.54, 1.807) is 12.1 Å². The van der Waals surface area contributed by atoms with Gasteiger partial charge in [0.2, 0.25) is 0 Å². The molecule has 0 aliphatic heterocycles. The van der Waals surface area contributed by atoms with Gasteiger partial charge in [0.15, 0.2) is 6.61 Å². The van der Waals surface area contributed by atoms with Crippen molar-refractivity contribution in [3.63, 3.8) is 0 Å². The first-order valence-corrected chi connectivity index (χ1v) is 7.83. The highest BCUT2D eigenvalue weighted by Gasteiger charge is 2.03. The second-order valence-corrected chi connectivity index (χ2v) is 5.73. The van der Waals surface area contributed by atoms with Crippen LogP contribution in [0.1, 0.15) is 41.3 Å². The van der Waals surface area contributed by atoms with E-state index in [2.05, 4.69) is 24.4 Å². The number of nitrogens with one attached hydrogen (secondary N) is 1. The Labute approximate surface area is 146 Å². The van der Waals surface area contributed by atoms with E-state index in [0.717, 1.165) is 0 Å². The van der Waals surface area contributed by atoms with E-state index < -0.39 is 5.97 Å². The predicted octanol–water partition coefficient (Wildman–Crippen LogP) is 3.04. The molecule has 0 saturated heterocycles. The number of aromatic carboxylic acids is 1. The fourth-order valence-electron chi connectivity index (χ4n) is 2.02. The van der Waals surface area contributed by atoms with Gasteiger partial charge in [0.1, 0.15) is 5.75 Å². The topological polar surface area (TPSA) is 88.0 Å². The van der Waals surface area contributed by atoms with E-state index in [-0.39, 0.29) is 18.1 Å². The lowest BCUT2D eigenvalue weighted by molar-refractivity contribution is -0.123. The number of nitrogens with zero attached hydrogens (tertiary/aromatic N) is 1. The zero-order chi connectivity index (χ0) is 18.2. The molecule has 2 rings (SSSR count). The summed E-state index contributed by atoms with van der Waals surface area (Å²) in [5, 5.41) is 12.6. The normalized spacial score (nSPS) is 10.8. The standard InChI is InChI=1S/C19H20N2O4/c1-13(2)15-7-9-17(10-8-15)25-12-18(22)21-20-11-14-3-5-16(6-4-14)19(23)24/h3-11,13H,12H2,1-2H3,(H,21,22)(H,23,24)/b20-11+. The van der Waals surface area contributed by atoms with Crippen molar-refractivity contribution in [1.82, 2.24) is 5.43 Å². The molecule has 1 amide bonds. The number of ether oxygens (including phenoxy) is 1. The fourth-order valence-corrected chi connectivity index (χ4v) is 2.02. The maximum Gasteiger partial charge on any atom is 0.335 e. The van der Waals surface area contributed by atoms with Gasteiger partial charge in [-0.25, -0.2) is 10.2 Å².